The predicted octanol–water partition coefficient (Wildman–Crippen LogP) is 2.93. The Morgan fingerprint density at radius 1 is 1.39 bits per heavy atom. The highest BCUT2D eigenvalue weighted by atomic mass is 35.5. The van der Waals surface area contributed by atoms with Crippen molar-refractivity contribution in [3.05, 3.63) is 28.8 Å². The Morgan fingerprint density at radius 3 is 2.67 bits per heavy atom. The Hall–Kier alpha value is -0.770. The Bertz CT molecular complexity index is 391. The maximum atomic E-state index is 10.1. The third-order valence-electron chi connectivity index (χ3n) is 2.71. The largest absolute Gasteiger partial charge is 0.508 e. The lowest BCUT2D eigenvalue weighted by Crippen LogP contribution is -2.38. The van der Waals surface area contributed by atoms with Gasteiger partial charge in [-0.3, -0.25) is 0 Å². The molecule has 0 fully saturated rings. The average molecular weight is 272 g/mol. The monoisotopic (exact) mass is 271 g/mol. The SMILES string of the molecule is CC(C)CC(C)(O)CNCc1cc(Cl)ccc1O. The van der Waals surface area contributed by atoms with Crippen molar-refractivity contribution >= 4 is 11.6 Å². The molecule has 0 aliphatic heterocycles. The Kier molecular flexibility index (Phi) is 5.45. The van der Waals surface area contributed by atoms with Gasteiger partial charge in [0.25, 0.3) is 0 Å². The average Bonchev–Trinajstić information content (AvgIpc) is 2.21. The summed E-state index contributed by atoms with van der Waals surface area (Å²) in [5, 5.41) is 23.5. The van der Waals surface area contributed by atoms with E-state index in [9.17, 15) is 10.2 Å². The zero-order valence-corrected chi connectivity index (χ0v) is 12.0. The molecule has 1 rings (SSSR count). The lowest BCUT2D eigenvalue weighted by Gasteiger charge is -2.25. The van der Waals surface area contributed by atoms with Crippen molar-refractivity contribution in [2.24, 2.45) is 5.92 Å². The van der Waals surface area contributed by atoms with Gasteiger partial charge in [-0.15, -0.1) is 0 Å². The number of aromatic hydroxyl groups is 1. The standard InChI is InChI=1S/C14H22ClNO2/c1-10(2)7-14(3,18)9-16-8-11-6-12(15)4-5-13(11)17/h4-6,10,16-18H,7-9H2,1-3H3. The van der Waals surface area contributed by atoms with Gasteiger partial charge < -0.3 is 15.5 Å². The lowest BCUT2D eigenvalue weighted by molar-refractivity contribution is 0.0383. The number of phenols is 1. The van der Waals surface area contributed by atoms with Crippen LogP contribution in [0.15, 0.2) is 18.2 Å². The summed E-state index contributed by atoms with van der Waals surface area (Å²) in [7, 11) is 0. The molecule has 0 amide bonds. The topological polar surface area (TPSA) is 52.5 Å². The molecule has 0 aliphatic carbocycles. The van der Waals surface area contributed by atoms with E-state index in [1.165, 1.54) is 0 Å². The summed E-state index contributed by atoms with van der Waals surface area (Å²) in [4.78, 5) is 0. The Morgan fingerprint density at radius 2 is 2.06 bits per heavy atom. The van der Waals surface area contributed by atoms with E-state index in [1.807, 2.05) is 6.92 Å². The number of phenolic OH excluding ortho intramolecular Hbond substituents is 1. The second-order valence-corrected chi connectivity index (χ2v) is 5.91. The minimum absolute atomic E-state index is 0.218. The van der Waals surface area contributed by atoms with Gasteiger partial charge >= 0.3 is 0 Å². The first-order valence-electron chi connectivity index (χ1n) is 6.20. The highest BCUT2D eigenvalue weighted by molar-refractivity contribution is 6.30. The highest BCUT2D eigenvalue weighted by Gasteiger charge is 2.21. The van der Waals surface area contributed by atoms with Crippen LogP contribution in [-0.2, 0) is 6.54 Å². The van der Waals surface area contributed by atoms with E-state index in [2.05, 4.69) is 19.2 Å². The summed E-state index contributed by atoms with van der Waals surface area (Å²) in [5.41, 5.74) is 0.00498. The van der Waals surface area contributed by atoms with Crippen LogP contribution in [0.5, 0.6) is 5.75 Å². The number of benzene rings is 1. The summed E-state index contributed by atoms with van der Waals surface area (Å²) in [6.07, 6.45) is 0.738. The maximum Gasteiger partial charge on any atom is 0.120 e. The van der Waals surface area contributed by atoms with Crippen molar-refractivity contribution < 1.29 is 10.2 Å². The molecule has 102 valence electrons. The Labute approximate surface area is 114 Å². The molecule has 0 saturated heterocycles. The Balaban J connectivity index is 2.48. The van der Waals surface area contributed by atoms with Crippen molar-refractivity contribution in [2.75, 3.05) is 6.54 Å². The summed E-state index contributed by atoms with van der Waals surface area (Å²) in [6, 6.07) is 4.95. The van der Waals surface area contributed by atoms with Crippen LogP contribution in [0, 0.1) is 5.92 Å². The zero-order valence-electron chi connectivity index (χ0n) is 11.2. The van der Waals surface area contributed by atoms with E-state index in [4.69, 9.17) is 11.6 Å². The van der Waals surface area contributed by atoms with Crippen LogP contribution in [0.2, 0.25) is 5.02 Å². The van der Waals surface area contributed by atoms with Gasteiger partial charge in [0.2, 0.25) is 0 Å². The molecule has 0 saturated carbocycles. The minimum atomic E-state index is -0.734. The van der Waals surface area contributed by atoms with Gasteiger partial charge in [0.05, 0.1) is 5.60 Å². The van der Waals surface area contributed by atoms with Crippen molar-refractivity contribution in [3.8, 4) is 5.75 Å². The number of aliphatic hydroxyl groups is 1. The van der Waals surface area contributed by atoms with Crippen molar-refractivity contribution in [1.82, 2.24) is 5.32 Å². The minimum Gasteiger partial charge on any atom is -0.508 e. The molecule has 0 bridgehead atoms. The van der Waals surface area contributed by atoms with E-state index >= 15 is 0 Å². The van der Waals surface area contributed by atoms with Crippen LogP contribution >= 0.6 is 11.6 Å². The van der Waals surface area contributed by atoms with Crippen LogP contribution in [0.3, 0.4) is 0 Å². The van der Waals surface area contributed by atoms with Crippen LogP contribution in [0.4, 0.5) is 0 Å². The van der Waals surface area contributed by atoms with Crippen LogP contribution in [0.25, 0.3) is 0 Å². The molecule has 0 heterocycles. The van der Waals surface area contributed by atoms with Gasteiger partial charge in [-0.05, 0) is 37.5 Å². The van der Waals surface area contributed by atoms with Gasteiger partial charge in [-0.25, -0.2) is 0 Å². The van der Waals surface area contributed by atoms with Crippen molar-refractivity contribution in [2.45, 2.75) is 39.3 Å². The first-order chi connectivity index (χ1) is 8.30. The fourth-order valence-electron chi connectivity index (χ4n) is 2.11. The number of nitrogens with one attached hydrogen (secondary N) is 1. The fourth-order valence-corrected chi connectivity index (χ4v) is 2.31. The van der Waals surface area contributed by atoms with Gasteiger partial charge in [0, 0.05) is 23.7 Å². The molecule has 18 heavy (non-hydrogen) atoms. The maximum absolute atomic E-state index is 10.1. The van der Waals surface area contributed by atoms with E-state index < -0.39 is 5.60 Å². The molecule has 1 aromatic carbocycles. The molecular weight excluding hydrogens is 250 g/mol. The molecular formula is C14H22ClNO2. The smallest absolute Gasteiger partial charge is 0.120 e. The normalized spacial score (nSPS) is 14.8. The zero-order chi connectivity index (χ0) is 13.8. The van der Waals surface area contributed by atoms with Crippen LogP contribution in [-0.4, -0.2) is 22.4 Å². The molecule has 1 unspecified atom stereocenters. The summed E-state index contributed by atoms with van der Waals surface area (Å²) < 4.78 is 0. The number of rotatable bonds is 6. The van der Waals surface area contributed by atoms with Crippen LogP contribution < -0.4 is 5.32 Å². The molecule has 0 aromatic heterocycles. The summed E-state index contributed by atoms with van der Waals surface area (Å²) in [5.74, 6) is 0.664. The molecule has 0 radical (unpaired) electrons. The third kappa shape index (κ3) is 5.25. The van der Waals surface area contributed by atoms with E-state index in [1.54, 1.807) is 18.2 Å². The van der Waals surface area contributed by atoms with E-state index in [0.717, 1.165) is 12.0 Å². The first kappa shape index (κ1) is 15.3. The lowest BCUT2D eigenvalue weighted by atomic mass is 9.94. The van der Waals surface area contributed by atoms with Gasteiger partial charge in [-0.2, -0.15) is 0 Å². The van der Waals surface area contributed by atoms with Crippen molar-refractivity contribution in [1.29, 1.82) is 0 Å². The van der Waals surface area contributed by atoms with Gasteiger partial charge in [0.1, 0.15) is 5.75 Å². The third-order valence-corrected chi connectivity index (χ3v) is 2.95. The second kappa shape index (κ2) is 6.41. The predicted molar refractivity (Wildman–Crippen MR) is 74.9 cm³/mol. The van der Waals surface area contributed by atoms with Gasteiger partial charge in [0.15, 0.2) is 0 Å². The molecule has 4 heteroatoms. The molecule has 1 aromatic rings. The molecule has 0 aliphatic rings. The highest BCUT2D eigenvalue weighted by Crippen LogP contribution is 2.21. The first-order valence-corrected chi connectivity index (χ1v) is 6.58. The van der Waals surface area contributed by atoms with Crippen LogP contribution in [0.1, 0.15) is 32.8 Å². The number of hydrogen-bond donors (Lipinski definition) is 3. The number of halogens is 1. The van der Waals surface area contributed by atoms with E-state index in [0.29, 0.717) is 24.0 Å². The second-order valence-electron chi connectivity index (χ2n) is 5.47. The van der Waals surface area contributed by atoms with Crippen molar-refractivity contribution in [3.63, 3.8) is 0 Å². The fraction of sp³-hybridized carbons (Fsp3) is 0.571. The summed E-state index contributed by atoms with van der Waals surface area (Å²) in [6.45, 7) is 6.95. The van der Waals surface area contributed by atoms with E-state index in [-0.39, 0.29) is 5.75 Å². The van der Waals surface area contributed by atoms with Gasteiger partial charge in [-0.1, -0.05) is 25.4 Å². The molecule has 3 N–H and O–H groups in total. The molecule has 1 atom stereocenters. The number of hydrogen-bond acceptors (Lipinski definition) is 3. The molecule has 3 nitrogen and oxygen atoms in total. The molecule has 0 spiro atoms. The quantitative estimate of drug-likeness (QED) is 0.746. The summed E-state index contributed by atoms with van der Waals surface area (Å²) >= 11 is 5.87.